The Bertz CT molecular complexity index is 839. The number of ether oxygens (including phenoxy) is 2. The molecule has 170 valence electrons. The predicted octanol–water partition coefficient (Wildman–Crippen LogP) is 3.31. The molecule has 0 bridgehead atoms. The Morgan fingerprint density at radius 1 is 1.26 bits per heavy atom. The topological polar surface area (TPSA) is 88.1 Å². The van der Waals surface area contributed by atoms with Crippen LogP contribution in [0.4, 0.5) is 0 Å². The van der Waals surface area contributed by atoms with Crippen molar-refractivity contribution in [1.29, 1.82) is 0 Å². The lowest BCUT2D eigenvalue weighted by molar-refractivity contribution is -0.168. The molecule has 1 aromatic carbocycles. The van der Waals surface area contributed by atoms with Gasteiger partial charge in [0.25, 0.3) is 0 Å². The van der Waals surface area contributed by atoms with E-state index in [2.05, 4.69) is 5.32 Å². The molecule has 4 atom stereocenters. The van der Waals surface area contributed by atoms with Gasteiger partial charge in [0.05, 0.1) is 18.2 Å². The van der Waals surface area contributed by atoms with Crippen LogP contribution in [0.25, 0.3) is 0 Å². The molecule has 0 aromatic heterocycles. The first-order valence-corrected chi connectivity index (χ1v) is 11.5. The quantitative estimate of drug-likeness (QED) is 0.676. The Labute approximate surface area is 184 Å². The molecule has 3 aliphatic rings. The molecule has 0 saturated carbocycles. The van der Waals surface area contributed by atoms with Crippen LogP contribution in [0.3, 0.4) is 0 Å². The molecule has 7 nitrogen and oxygen atoms in total. The maximum absolute atomic E-state index is 12.9. The number of carbonyl (C=O) groups excluding carboxylic acids is 2. The fraction of sp³-hybridized carbons (Fsp3) is 0.667. The van der Waals surface area contributed by atoms with E-state index >= 15 is 0 Å². The molecule has 2 fully saturated rings. The van der Waals surface area contributed by atoms with Gasteiger partial charge in [0.1, 0.15) is 5.60 Å². The van der Waals surface area contributed by atoms with Crippen molar-refractivity contribution in [2.75, 3.05) is 13.1 Å². The maximum atomic E-state index is 12.9. The number of amides is 2. The van der Waals surface area contributed by atoms with Gasteiger partial charge < -0.3 is 24.8 Å². The molecule has 0 aliphatic carbocycles. The van der Waals surface area contributed by atoms with E-state index in [-0.39, 0.29) is 41.7 Å². The first-order valence-electron chi connectivity index (χ1n) is 11.5. The van der Waals surface area contributed by atoms with Crippen molar-refractivity contribution in [3.8, 4) is 11.5 Å². The van der Waals surface area contributed by atoms with Crippen LogP contribution in [-0.4, -0.2) is 52.7 Å². The smallest absolute Gasteiger partial charge is 0.222 e. The molecular weight excluding hydrogens is 396 g/mol. The zero-order valence-corrected chi connectivity index (χ0v) is 18.7. The third-order valence-electron chi connectivity index (χ3n) is 7.02. The summed E-state index contributed by atoms with van der Waals surface area (Å²) in [5.41, 5.74) is 0.411. The molecular formula is C24H34N2O5. The van der Waals surface area contributed by atoms with Gasteiger partial charge >= 0.3 is 0 Å². The van der Waals surface area contributed by atoms with E-state index in [0.29, 0.717) is 18.7 Å². The molecule has 1 aromatic rings. The van der Waals surface area contributed by atoms with Crippen LogP contribution in [0.1, 0.15) is 71.0 Å². The zero-order chi connectivity index (χ0) is 22.2. The second-order valence-electron chi connectivity index (χ2n) is 9.58. The Kier molecular flexibility index (Phi) is 6.15. The highest BCUT2D eigenvalue weighted by Gasteiger charge is 2.54. The third kappa shape index (κ3) is 4.38. The standard InChI is InChI=1S/C24H34N2O5/c1-15(27)25-12-6-4-5-10-21(29)26-13-11-20-18(26)14-17-22(30-20)16-8-7-9-19(28)23(16)31-24(17,2)3/h7-9,17-18,20,22,28H,4-6,10-14H2,1-3H3,(H,25,27)/t17-,18+,20-,22+/m1/s1. The van der Waals surface area contributed by atoms with Gasteiger partial charge in [-0.3, -0.25) is 9.59 Å². The summed E-state index contributed by atoms with van der Waals surface area (Å²) in [5, 5.41) is 13.1. The van der Waals surface area contributed by atoms with Gasteiger partial charge in [0, 0.05) is 37.9 Å². The first-order chi connectivity index (χ1) is 14.8. The van der Waals surface area contributed by atoms with Crippen molar-refractivity contribution < 1.29 is 24.2 Å². The van der Waals surface area contributed by atoms with E-state index in [0.717, 1.165) is 44.2 Å². The average Bonchev–Trinajstić information content (AvgIpc) is 3.13. The molecule has 3 heterocycles. The number of hydrogen-bond acceptors (Lipinski definition) is 5. The number of phenols is 1. The molecule has 2 amide bonds. The lowest BCUT2D eigenvalue weighted by Gasteiger charge is -2.50. The summed E-state index contributed by atoms with van der Waals surface area (Å²) in [6.07, 6.45) is 4.77. The molecule has 7 heteroatoms. The zero-order valence-electron chi connectivity index (χ0n) is 18.7. The molecule has 3 aliphatic heterocycles. The number of rotatable bonds is 6. The number of aromatic hydroxyl groups is 1. The van der Waals surface area contributed by atoms with Gasteiger partial charge in [0.2, 0.25) is 11.8 Å². The summed E-state index contributed by atoms with van der Waals surface area (Å²) in [6, 6.07) is 5.53. The summed E-state index contributed by atoms with van der Waals surface area (Å²) < 4.78 is 12.8. The SMILES string of the molecule is CC(=O)NCCCCCC(=O)N1CC[C@H]2O[C@H]3c4cccc(O)c4OC(C)(C)[C@@H]3C[C@@H]21. The van der Waals surface area contributed by atoms with Crippen molar-refractivity contribution in [1.82, 2.24) is 10.2 Å². The van der Waals surface area contributed by atoms with E-state index in [1.807, 2.05) is 30.9 Å². The monoisotopic (exact) mass is 430 g/mol. The summed E-state index contributed by atoms with van der Waals surface area (Å²) in [5.74, 6) is 0.965. The van der Waals surface area contributed by atoms with Crippen LogP contribution >= 0.6 is 0 Å². The minimum Gasteiger partial charge on any atom is -0.504 e. The van der Waals surface area contributed by atoms with Gasteiger partial charge in [-0.1, -0.05) is 18.6 Å². The number of hydrogen-bond donors (Lipinski definition) is 2. The molecule has 0 unspecified atom stereocenters. The Morgan fingerprint density at radius 3 is 2.84 bits per heavy atom. The highest BCUT2D eigenvalue weighted by Crippen LogP contribution is 2.54. The number of nitrogens with zero attached hydrogens (tertiary/aromatic N) is 1. The Balaban J connectivity index is 1.39. The average molecular weight is 431 g/mol. The lowest BCUT2D eigenvalue weighted by Crippen LogP contribution is -2.54. The van der Waals surface area contributed by atoms with E-state index in [1.165, 1.54) is 6.92 Å². The van der Waals surface area contributed by atoms with E-state index in [1.54, 1.807) is 6.07 Å². The van der Waals surface area contributed by atoms with Gasteiger partial charge in [-0.25, -0.2) is 0 Å². The van der Waals surface area contributed by atoms with Crippen molar-refractivity contribution in [2.45, 2.75) is 83.1 Å². The molecule has 4 rings (SSSR count). The van der Waals surface area contributed by atoms with E-state index in [4.69, 9.17) is 9.47 Å². The third-order valence-corrected chi connectivity index (χ3v) is 7.02. The molecule has 2 N–H and O–H groups in total. The highest BCUT2D eigenvalue weighted by atomic mass is 16.5. The van der Waals surface area contributed by atoms with E-state index in [9.17, 15) is 14.7 Å². The maximum Gasteiger partial charge on any atom is 0.222 e. The number of benzene rings is 1. The minimum atomic E-state index is -0.498. The van der Waals surface area contributed by atoms with Crippen LogP contribution in [0.2, 0.25) is 0 Å². The molecule has 31 heavy (non-hydrogen) atoms. The van der Waals surface area contributed by atoms with Crippen molar-refractivity contribution in [3.05, 3.63) is 23.8 Å². The summed E-state index contributed by atoms with van der Waals surface area (Å²) in [7, 11) is 0. The van der Waals surface area contributed by atoms with Gasteiger partial charge in [-0.05, 0) is 45.6 Å². The second kappa shape index (κ2) is 8.69. The molecule has 0 spiro atoms. The number of nitrogens with one attached hydrogen (secondary N) is 1. The Morgan fingerprint density at radius 2 is 2.06 bits per heavy atom. The van der Waals surface area contributed by atoms with Crippen molar-refractivity contribution in [3.63, 3.8) is 0 Å². The summed E-state index contributed by atoms with van der Waals surface area (Å²) in [6.45, 7) is 7.00. The van der Waals surface area contributed by atoms with Gasteiger partial charge in [-0.2, -0.15) is 0 Å². The lowest BCUT2D eigenvalue weighted by atomic mass is 9.74. The Hall–Kier alpha value is -2.28. The highest BCUT2D eigenvalue weighted by molar-refractivity contribution is 5.77. The van der Waals surface area contributed by atoms with Crippen molar-refractivity contribution >= 4 is 11.8 Å². The number of unbranched alkanes of at least 4 members (excludes halogenated alkanes) is 2. The number of para-hydroxylation sites is 1. The van der Waals surface area contributed by atoms with Crippen LogP contribution in [0, 0.1) is 5.92 Å². The number of likely N-dealkylation sites (tertiary alicyclic amines) is 1. The van der Waals surface area contributed by atoms with Crippen LogP contribution in [0.5, 0.6) is 11.5 Å². The minimum absolute atomic E-state index is 0.0118. The second-order valence-corrected chi connectivity index (χ2v) is 9.58. The molecule has 2 saturated heterocycles. The number of fused-ring (bicyclic) bond motifs is 4. The normalized spacial score (nSPS) is 28.2. The molecule has 0 radical (unpaired) electrons. The number of phenolic OH excluding ortho intramolecular Hbond substituents is 1. The van der Waals surface area contributed by atoms with Crippen LogP contribution < -0.4 is 10.1 Å². The fourth-order valence-corrected chi connectivity index (χ4v) is 5.38. The van der Waals surface area contributed by atoms with Gasteiger partial charge in [0.15, 0.2) is 11.5 Å². The van der Waals surface area contributed by atoms with Crippen LogP contribution in [0.15, 0.2) is 18.2 Å². The van der Waals surface area contributed by atoms with E-state index < -0.39 is 5.60 Å². The van der Waals surface area contributed by atoms with Crippen LogP contribution in [-0.2, 0) is 14.3 Å². The first kappa shape index (κ1) is 21.9. The largest absolute Gasteiger partial charge is 0.504 e. The van der Waals surface area contributed by atoms with Crippen molar-refractivity contribution in [2.24, 2.45) is 5.92 Å². The summed E-state index contributed by atoms with van der Waals surface area (Å²) >= 11 is 0. The fourth-order valence-electron chi connectivity index (χ4n) is 5.38. The number of carbonyl (C=O) groups is 2. The van der Waals surface area contributed by atoms with Gasteiger partial charge in [-0.15, -0.1) is 0 Å². The summed E-state index contributed by atoms with van der Waals surface area (Å²) in [4.78, 5) is 25.9. The predicted molar refractivity (Wildman–Crippen MR) is 116 cm³/mol.